The Bertz CT molecular complexity index is 1240. The number of aromatic nitrogens is 3. The quantitative estimate of drug-likeness (QED) is 0.261. The summed E-state index contributed by atoms with van der Waals surface area (Å²) >= 11 is 2.68. The fourth-order valence-electron chi connectivity index (χ4n) is 3.16. The number of thioether (sulfide) groups is 1. The number of nitrogens with zero attached hydrogens (tertiary/aromatic N) is 3. The van der Waals surface area contributed by atoms with Crippen molar-refractivity contribution in [3.8, 4) is 10.7 Å². The maximum atomic E-state index is 12.9. The first kappa shape index (κ1) is 22.6. The first-order valence-corrected chi connectivity index (χ1v) is 12.0. The molecule has 4 aromatic rings. The minimum atomic E-state index is -0.281. The second-order valence-corrected chi connectivity index (χ2v) is 9.03. The highest BCUT2D eigenvalue weighted by atomic mass is 32.2. The van der Waals surface area contributed by atoms with Crippen LogP contribution in [0.25, 0.3) is 10.7 Å². The van der Waals surface area contributed by atoms with E-state index in [0.717, 1.165) is 10.4 Å². The van der Waals surface area contributed by atoms with Gasteiger partial charge in [0.05, 0.1) is 27.9 Å². The lowest BCUT2D eigenvalue weighted by Gasteiger charge is -2.16. The van der Waals surface area contributed by atoms with Crippen LogP contribution in [-0.4, -0.2) is 32.4 Å². The number of para-hydroxylation sites is 1. The van der Waals surface area contributed by atoms with Gasteiger partial charge in [0.1, 0.15) is 0 Å². The van der Waals surface area contributed by atoms with Gasteiger partial charge in [-0.1, -0.05) is 60.3 Å². The van der Waals surface area contributed by atoms with Crippen molar-refractivity contribution in [3.63, 3.8) is 0 Å². The van der Waals surface area contributed by atoms with Crippen LogP contribution in [-0.2, 0) is 4.79 Å². The van der Waals surface area contributed by atoms with E-state index in [2.05, 4.69) is 20.8 Å². The first-order chi connectivity index (χ1) is 16.0. The molecule has 2 amide bonds. The molecule has 8 nitrogen and oxygen atoms in total. The van der Waals surface area contributed by atoms with Crippen molar-refractivity contribution in [3.05, 3.63) is 83.2 Å². The third-order valence-corrected chi connectivity index (χ3v) is 6.64. The predicted octanol–water partition coefficient (Wildman–Crippen LogP) is 3.94. The molecule has 2 heterocycles. The molecule has 0 fully saturated rings. The van der Waals surface area contributed by atoms with Crippen LogP contribution in [0.1, 0.15) is 28.9 Å². The van der Waals surface area contributed by atoms with E-state index >= 15 is 0 Å². The highest BCUT2D eigenvalue weighted by Gasteiger charge is 2.18. The van der Waals surface area contributed by atoms with Crippen LogP contribution in [0.5, 0.6) is 0 Å². The van der Waals surface area contributed by atoms with Gasteiger partial charge in [0.2, 0.25) is 11.1 Å². The van der Waals surface area contributed by atoms with Crippen molar-refractivity contribution < 1.29 is 9.59 Å². The van der Waals surface area contributed by atoms with E-state index in [9.17, 15) is 9.59 Å². The lowest BCUT2D eigenvalue weighted by Crippen LogP contribution is -2.28. The molecule has 4 rings (SSSR count). The van der Waals surface area contributed by atoms with Crippen LogP contribution >= 0.6 is 23.1 Å². The second kappa shape index (κ2) is 10.3. The van der Waals surface area contributed by atoms with Gasteiger partial charge in [-0.05, 0) is 36.1 Å². The number of nitrogens with one attached hydrogen (secondary N) is 2. The third kappa shape index (κ3) is 5.41. The number of nitrogen functional groups attached to an aromatic ring is 1. The molecule has 0 saturated carbocycles. The molecule has 4 N–H and O–H groups in total. The van der Waals surface area contributed by atoms with Crippen LogP contribution in [0.4, 0.5) is 5.69 Å². The number of amides is 2. The Morgan fingerprint density at radius 1 is 1.06 bits per heavy atom. The summed E-state index contributed by atoms with van der Waals surface area (Å²) in [5.41, 5.74) is 1.83. The largest absolute Gasteiger partial charge is 0.345 e. The normalized spacial score (nSPS) is 11.7. The highest BCUT2D eigenvalue weighted by molar-refractivity contribution is 7.99. The Hall–Kier alpha value is -3.63. The molecular weight excluding hydrogens is 456 g/mol. The molecular formula is C23H22N6O2S2. The molecule has 0 bridgehead atoms. The van der Waals surface area contributed by atoms with Crippen LogP contribution in [0.3, 0.4) is 0 Å². The van der Waals surface area contributed by atoms with E-state index in [0.29, 0.717) is 22.2 Å². The van der Waals surface area contributed by atoms with Gasteiger partial charge in [-0.25, -0.2) is 4.68 Å². The molecule has 0 aliphatic heterocycles. The predicted molar refractivity (Wildman–Crippen MR) is 132 cm³/mol. The third-order valence-electron chi connectivity index (χ3n) is 4.83. The highest BCUT2D eigenvalue weighted by Crippen LogP contribution is 2.25. The van der Waals surface area contributed by atoms with Gasteiger partial charge in [-0.2, -0.15) is 0 Å². The average Bonchev–Trinajstić information content (AvgIpc) is 3.48. The maximum absolute atomic E-state index is 12.9. The molecule has 33 heavy (non-hydrogen) atoms. The number of carbonyl (C=O) groups excluding carboxylic acids is 2. The maximum Gasteiger partial charge on any atom is 0.253 e. The van der Waals surface area contributed by atoms with E-state index in [-0.39, 0.29) is 23.6 Å². The summed E-state index contributed by atoms with van der Waals surface area (Å²) in [6, 6.07) is 20.2. The van der Waals surface area contributed by atoms with E-state index < -0.39 is 0 Å². The van der Waals surface area contributed by atoms with Gasteiger partial charge in [-0.3, -0.25) is 9.59 Å². The van der Waals surface area contributed by atoms with Crippen molar-refractivity contribution in [2.24, 2.45) is 0 Å². The molecule has 2 aromatic heterocycles. The van der Waals surface area contributed by atoms with Crippen molar-refractivity contribution >= 4 is 40.6 Å². The summed E-state index contributed by atoms with van der Waals surface area (Å²) in [5.74, 6) is 6.15. The lowest BCUT2D eigenvalue weighted by molar-refractivity contribution is -0.113. The summed E-state index contributed by atoms with van der Waals surface area (Å²) in [6.07, 6.45) is 0. The lowest BCUT2D eigenvalue weighted by atomic mass is 10.1. The fourth-order valence-corrected chi connectivity index (χ4v) is 4.52. The molecule has 2 aromatic carbocycles. The second-order valence-electron chi connectivity index (χ2n) is 7.14. The van der Waals surface area contributed by atoms with Gasteiger partial charge >= 0.3 is 0 Å². The van der Waals surface area contributed by atoms with Gasteiger partial charge in [0.15, 0.2) is 5.82 Å². The molecule has 0 spiro atoms. The van der Waals surface area contributed by atoms with Gasteiger partial charge in [0, 0.05) is 0 Å². The molecule has 10 heteroatoms. The van der Waals surface area contributed by atoms with Crippen molar-refractivity contribution in [1.29, 1.82) is 0 Å². The molecule has 168 valence electrons. The molecule has 0 aliphatic rings. The summed E-state index contributed by atoms with van der Waals surface area (Å²) < 4.78 is 1.37. The van der Waals surface area contributed by atoms with E-state index in [1.165, 1.54) is 27.8 Å². The zero-order chi connectivity index (χ0) is 23.2. The number of nitrogens with two attached hydrogens (primary N) is 1. The van der Waals surface area contributed by atoms with E-state index in [1.807, 2.05) is 54.8 Å². The number of thiophene rings is 1. The number of hydrogen-bond donors (Lipinski definition) is 3. The topological polar surface area (TPSA) is 115 Å². The van der Waals surface area contributed by atoms with E-state index in [4.69, 9.17) is 5.84 Å². The number of carbonyl (C=O) groups is 2. The Labute approximate surface area is 199 Å². The Morgan fingerprint density at radius 3 is 2.58 bits per heavy atom. The minimum absolute atomic E-state index is 0.0656. The van der Waals surface area contributed by atoms with Crippen molar-refractivity contribution in [1.82, 2.24) is 20.2 Å². The SMILES string of the molecule is C[C@@H](NC(=O)c1ccccc1NC(=O)CSc1nnc(-c2cccs2)n1N)c1ccccc1. The summed E-state index contributed by atoms with van der Waals surface area (Å²) in [7, 11) is 0. The zero-order valence-electron chi connectivity index (χ0n) is 17.8. The molecule has 0 saturated heterocycles. The molecule has 1 atom stereocenters. The van der Waals surface area contributed by atoms with Crippen molar-refractivity contribution in [2.75, 3.05) is 16.9 Å². The zero-order valence-corrected chi connectivity index (χ0v) is 19.4. The Morgan fingerprint density at radius 2 is 1.82 bits per heavy atom. The smallest absolute Gasteiger partial charge is 0.253 e. The molecule has 0 aliphatic carbocycles. The van der Waals surface area contributed by atoms with Gasteiger partial charge in [-0.15, -0.1) is 21.5 Å². The minimum Gasteiger partial charge on any atom is -0.345 e. The first-order valence-electron chi connectivity index (χ1n) is 10.1. The Balaban J connectivity index is 1.38. The number of hydrogen-bond acceptors (Lipinski definition) is 7. The number of anilines is 1. The standard InChI is InChI=1S/C23H22N6O2S2/c1-15(16-8-3-2-4-9-16)25-22(31)17-10-5-6-11-18(17)26-20(30)14-33-23-28-27-21(29(23)24)19-12-7-13-32-19/h2-13,15H,14,24H2,1H3,(H,25,31)(H,26,30)/t15-/m1/s1. The van der Waals surface area contributed by atoms with Crippen LogP contribution in [0, 0.1) is 0 Å². The summed E-state index contributed by atoms with van der Waals surface area (Å²) in [6.45, 7) is 1.92. The van der Waals surface area contributed by atoms with Crippen molar-refractivity contribution in [2.45, 2.75) is 18.1 Å². The summed E-state index contributed by atoms with van der Waals surface area (Å²) in [4.78, 5) is 26.4. The number of rotatable bonds is 8. The fraction of sp³-hybridized carbons (Fsp3) is 0.130. The van der Waals surface area contributed by atoms with Gasteiger partial charge in [0.25, 0.3) is 5.91 Å². The average molecular weight is 479 g/mol. The summed E-state index contributed by atoms with van der Waals surface area (Å²) in [5, 5.41) is 16.3. The van der Waals surface area contributed by atoms with Crippen LogP contribution in [0.15, 0.2) is 77.3 Å². The van der Waals surface area contributed by atoms with Crippen LogP contribution in [0.2, 0.25) is 0 Å². The van der Waals surface area contributed by atoms with E-state index in [1.54, 1.807) is 24.3 Å². The monoisotopic (exact) mass is 478 g/mol. The number of benzene rings is 2. The molecule has 0 unspecified atom stereocenters. The van der Waals surface area contributed by atoms with Gasteiger partial charge < -0.3 is 16.5 Å². The Kier molecular flexibility index (Phi) is 7.06. The molecule has 0 radical (unpaired) electrons. The van der Waals surface area contributed by atoms with Crippen LogP contribution < -0.4 is 16.5 Å².